The molecule has 1 aliphatic rings. The summed E-state index contributed by atoms with van der Waals surface area (Å²) in [7, 11) is 1.69. The zero-order valence-corrected chi connectivity index (χ0v) is 10.5. The lowest BCUT2D eigenvalue weighted by Gasteiger charge is -2.27. The van der Waals surface area contributed by atoms with Gasteiger partial charge >= 0.3 is 5.97 Å². The van der Waals surface area contributed by atoms with Crippen molar-refractivity contribution in [2.24, 2.45) is 0 Å². The Balaban J connectivity index is 1.92. The molecule has 2 unspecified atom stereocenters. The van der Waals surface area contributed by atoms with Crippen LogP contribution in [0.25, 0.3) is 0 Å². The normalized spacial score (nSPS) is 23.6. The molecule has 0 spiro atoms. The third kappa shape index (κ3) is 3.20. The maximum atomic E-state index is 11.9. The van der Waals surface area contributed by atoms with Gasteiger partial charge in [0.1, 0.15) is 11.8 Å². The Kier molecular flexibility index (Phi) is 4.15. The fraction of sp³-hybridized carbons (Fsp3) is 0.538. The second-order valence-electron chi connectivity index (χ2n) is 4.53. The van der Waals surface area contributed by atoms with Crippen molar-refractivity contribution >= 4 is 11.7 Å². The van der Waals surface area contributed by atoms with Crippen molar-refractivity contribution in [3.8, 4) is 0 Å². The van der Waals surface area contributed by atoms with Crippen LogP contribution in [0.1, 0.15) is 36.2 Å². The highest BCUT2D eigenvalue weighted by Gasteiger charge is 2.25. The van der Waals surface area contributed by atoms with E-state index in [1.165, 1.54) is 6.20 Å². The number of methoxy groups -OCH3 is 1. The number of carbonyl (C=O) groups is 1. The summed E-state index contributed by atoms with van der Waals surface area (Å²) in [5.41, 5.74) is 6.34. The number of ether oxygens (including phenoxy) is 2. The van der Waals surface area contributed by atoms with Gasteiger partial charge in [-0.15, -0.1) is 0 Å². The maximum absolute atomic E-state index is 11.9. The summed E-state index contributed by atoms with van der Waals surface area (Å²) in [6.45, 7) is 0. The lowest BCUT2D eigenvalue weighted by atomic mass is 9.95. The number of nitrogens with zero attached hydrogens (tertiary/aromatic N) is 1. The zero-order valence-electron chi connectivity index (χ0n) is 10.5. The summed E-state index contributed by atoms with van der Waals surface area (Å²) in [4.78, 5) is 15.8. The molecule has 2 N–H and O–H groups in total. The summed E-state index contributed by atoms with van der Waals surface area (Å²) in [5, 5.41) is 0. The van der Waals surface area contributed by atoms with Crippen LogP contribution in [0.5, 0.6) is 0 Å². The van der Waals surface area contributed by atoms with E-state index in [1.54, 1.807) is 19.2 Å². The number of carbonyl (C=O) groups excluding carboxylic acids is 1. The number of hydrogen-bond donors (Lipinski definition) is 1. The van der Waals surface area contributed by atoms with Crippen molar-refractivity contribution in [3.63, 3.8) is 0 Å². The van der Waals surface area contributed by atoms with E-state index in [1.807, 2.05) is 0 Å². The summed E-state index contributed by atoms with van der Waals surface area (Å²) in [6.07, 6.45) is 5.27. The number of esters is 1. The van der Waals surface area contributed by atoms with E-state index in [9.17, 15) is 4.79 Å². The number of anilines is 1. The largest absolute Gasteiger partial charge is 0.458 e. The van der Waals surface area contributed by atoms with E-state index in [0.29, 0.717) is 11.4 Å². The van der Waals surface area contributed by atoms with Crippen LogP contribution in [0.15, 0.2) is 18.3 Å². The van der Waals surface area contributed by atoms with Gasteiger partial charge in [0.25, 0.3) is 0 Å². The molecule has 0 saturated heterocycles. The first-order valence-corrected chi connectivity index (χ1v) is 6.14. The molecule has 0 radical (unpaired) electrons. The van der Waals surface area contributed by atoms with Gasteiger partial charge < -0.3 is 15.2 Å². The molecule has 1 aliphatic carbocycles. The van der Waals surface area contributed by atoms with Crippen molar-refractivity contribution in [1.82, 2.24) is 4.98 Å². The van der Waals surface area contributed by atoms with E-state index in [-0.39, 0.29) is 12.2 Å². The van der Waals surface area contributed by atoms with Gasteiger partial charge in [-0.3, -0.25) is 0 Å². The molecule has 1 saturated carbocycles. The minimum atomic E-state index is -0.392. The number of nitrogen functional groups attached to an aromatic ring is 1. The molecule has 2 atom stereocenters. The predicted octanol–water partition coefficient (Wildman–Crippen LogP) is 1.78. The molecule has 0 amide bonds. The Morgan fingerprint density at radius 1 is 1.39 bits per heavy atom. The second kappa shape index (κ2) is 5.82. The number of pyridine rings is 1. The minimum Gasteiger partial charge on any atom is -0.458 e. The van der Waals surface area contributed by atoms with Gasteiger partial charge in [0.15, 0.2) is 0 Å². The van der Waals surface area contributed by atoms with Crippen molar-refractivity contribution in [2.45, 2.75) is 37.9 Å². The number of nitrogens with two attached hydrogens (primary N) is 1. The summed E-state index contributed by atoms with van der Waals surface area (Å²) in [6, 6.07) is 3.22. The highest BCUT2D eigenvalue weighted by molar-refractivity contribution is 5.87. The van der Waals surface area contributed by atoms with Gasteiger partial charge in [-0.2, -0.15) is 0 Å². The first-order valence-electron chi connectivity index (χ1n) is 6.14. The van der Waals surface area contributed by atoms with Crippen molar-refractivity contribution in [2.75, 3.05) is 12.8 Å². The summed E-state index contributed by atoms with van der Waals surface area (Å²) in [5.74, 6) is -0.392. The molecule has 2 rings (SSSR count). The second-order valence-corrected chi connectivity index (χ2v) is 4.53. The van der Waals surface area contributed by atoms with Crippen LogP contribution in [-0.2, 0) is 9.47 Å². The standard InChI is InChI=1S/C13H18N2O3/c1-17-10-3-2-4-11(7-10)18-13(16)12-6-5-9(14)8-15-12/h5-6,8,10-11H,2-4,7,14H2,1H3. The van der Waals surface area contributed by atoms with Gasteiger partial charge in [0, 0.05) is 13.5 Å². The smallest absolute Gasteiger partial charge is 0.357 e. The van der Waals surface area contributed by atoms with Crippen molar-refractivity contribution in [3.05, 3.63) is 24.0 Å². The third-order valence-corrected chi connectivity index (χ3v) is 3.18. The number of aromatic nitrogens is 1. The highest BCUT2D eigenvalue weighted by Crippen LogP contribution is 2.23. The number of hydrogen-bond acceptors (Lipinski definition) is 5. The molecule has 5 heteroatoms. The van der Waals surface area contributed by atoms with Gasteiger partial charge in [0.2, 0.25) is 0 Å². The number of rotatable bonds is 3. The minimum absolute atomic E-state index is 0.0736. The lowest BCUT2D eigenvalue weighted by Crippen LogP contribution is -2.29. The summed E-state index contributed by atoms with van der Waals surface area (Å²) >= 11 is 0. The first kappa shape index (κ1) is 12.8. The lowest BCUT2D eigenvalue weighted by molar-refractivity contribution is -0.0153. The van der Waals surface area contributed by atoms with E-state index in [4.69, 9.17) is 15.2 Å². The van der Waals surface area contributed by atoms with E-state index in [2.05, 4.69) is 4.98 Å². The Hall–Kier alpha value is -1.62. The topological polar surface area (TPSA) is 74.4 Å². The van der Waals surface area contributed by atoms with Crippen LogP contribution >= 0.6 is 0 Å². The molecule has 98 valence electrons. The molecule has 0 aliphatic heterocycles. The predicted molar refractivity (Wildman–Crippen MR) is 67.1 cm³/mol. The van der Waals surface area contributed by atoms with Gasteiger partial charge in [0.05, 0.1) is 18.0 Å². The van der Waals surface area contributed by atoms with E-state index >= 15 is 0 Å². The molecule has 1 heterocycles. The van der Waals surface area contributed by atoms with E-state index < -0.39 is 5.97 Å². The van der Waals surface area contributed by atoms with Gasteiger partial charge in [-0.05, 0) is 31.4 Å². The zero-order chi connectivity index (χ0) is 13.0. The molecule has 1 aromatic heterocycles. The van der Waals surface area contributed by atoms with E-state index in [0.717, 1.165) is 25.7 Å². The Morgan fingerprint density at radius 3 is 2.83 bits per heavy atom. The van der Waals surface area contributed by atoms with Crippen LogP contribution < -0.4 is 5.73 Å². The molecular formula is C13H18N2O3. The molecule has 18 heavy (non-hydrogen) atoms. The molecule has 1 aromatic rings. The fourth-order valence-electron chi connectivity index (χ4n) is 2.16. The molecule has 0 bridgehead atoms. The van der Waals surface area contributed by atoms with Crippen molar-refractivity contribution in [1.29, 1.82) is 0 Å². The Labute approximate surface area is 106 Å². The third-order valence-electron chi connectivity index (χ3n) is 3.18. The Morgan fingerprint density at radius 2 is 2.17 bits per heavy atom. The molecule has 5 nitrogen and oxygen atoms in total. The van der Waals surface area contributed by atoms with Crippen LogP contribution in [0.4, 0.5) is 5.69 Å². The SMILES string of the molecule is COC1CCCC(OC(=O)c2ccc(N)cn2)C1. The average molecular weight is 250 g/mol. The first-order chi connectivity index (χ1) is 8.69. The highest BCUT2D eigenvalue weighted by atomic mass is 16.5. The molecule has 0 aromatic carbocycles. The van der Waals surface area contributed by atoms with Crippen LogP contribution in [0.3, 0.4) is 0 Å². The quantitative estimate of drug-likeness (QED) is 0.828. The van der Waals surface area contributed by atoms with Crippen LogP contribution in [0.2, 0.25) is 0 Å². The van der Waals surface area contributed by atoms with Crippen LogP contribution in [-0.4, -0.2) is 30.3 Å². The Bertz CT molecular complexity index is 405. The summed E-state index contributed by atoms with van der Waals surface area (Å²) < 4.78 is 10.7. The monoisotopic (exact) mass is 250 g/mol. The average Bonchev–Trinajstić information content (AvgIpc) is 2.39. The van der Waals surface area contributed by atoms with Crippen LogP contribution in [0, 0.1) is 0 Å². The van der Waals surface area contributed by atoms with Crippen molar-refractivity contribution < 1.29 is 14.3 Å². The molecule has 1 fully saturated rings. The van der Waals surface area contributed by atoms with Gasteiger partial charge in [-0.25, -0.2) is 9.78 Å². The maximum Gasteiger partial charge on any atom is 0.357 e. The molecular weight excluding hydrogens is 232 g/mol. The fourth-order valence-corrected chi connectivity index (χ4v) is 2.16. The van der Waals surface area contributed by atoms with Gasteiger partial charge in [-0.1, -0.05) is 0 Å².